The summed E-state index contributed by atoms with van der Waals surface area (Å²) in [6.45, 7) is 5.30. The van der Waals surface area contributed by atoms with Crippen LogP contribution in [0.3, 0.4) is 0 Å². The Morgan fingerprint density at radius 2 is 1.72 bits per heavy atom. The van der Waals surface area contributed by atoms with Crippen molar-refractivity contribution in [1.29, 1.82) is 0 Å². The standard InChI is InChI=1S/C20H24FN3O/c1-2-16-7-9-18(10-8-16)23-11-13-24(14-12-23)20(25)22-15-17-5-3-4-6-19(17)21/h3-10H,2,11-15H2,1H3,(H,22,25). The van der Waals surface area contributed by atoms with Crippen molar-refractivity contribution < 1.29 is 9.18 Å². The van der Waals surface area contributed by atoms with Crippen LogP contribution in [0.2, 0.25) is 0 Å². The SMILES string of the molecule is CCc1ccc(N2CCN(C(=O)NCc3ccccc3F)CC2)cc1. The predicted molar refractivity (Wildman–Crippen MR) is 98.2 cm³/mol. The molecular formula is C20H24FN3O. The Balaban J connectivity index is 1.49. The van der Waals surface area contributed by atoms with Gasteiger partial charge in [-0.2, -0.15) is 0 Å². The van der Waals surface area contributed by atoms with Crippen molar-refractivity contribution in [2.75, 3.05) is 31.1 Å². The monoisotopic (exact) mass is 341 g/mol. The molecule has 2 aromatic carbocycles. The summed E-state index contributed by atoms with van der Waals surface area (Å²) >= 11 is 0. The van der Waals surface area contributed by atoms with Gasteiger partial charge in [-0.05, 0) is 30.2 Å². The van der Waals surface area contributed by atoms with Crippen LogP contribution in [0.15, 0.2) is 48.5 Å². The average molecular weight is 341 g/mol. The highest BCUT2D eigenvalue weighted by molar-refractivity contribution is 5.74. The van der Waals surface area contributed by atoms with E-state index < -0.39 is 0 Å². The lowest BCUT2D eigenvalue weighted by molar-refractivity contribution is 0.194. The van der Waals surface area contributed by atoms with E-state index in [2.05, 4.69) is 41.4 Å². The number of nitrogens with zero attached hydrogens (tertiary/aromatic N) is 2. The van der Waals surface area contributed by atoms with Crippen LogP contribution in [-0.2, 0) is 13.0 Å². The van der Waals surface area contributed by atoms with Crippen LogP contribution in [0.4, 0.5) is 14.9 Å². The van der Waals surface area contributed by atoms with E-state index in [4.69, 9.17) is 0 Å². The minimum absolute atomic E-state index is 0.135. The highest BCUT2D eigenvalue weighted by atomic mass is 19.1. The molecule has 0 aliphatic carbocycles. The molecule has 1 heterocycles. The van der Waals surface area contributed by atoms with Crippen molar-refractivity contribution in [2.24, 2.45) is 0 Å². The molecule has 0 aromatic heterocycles. The van der Waals surface area contributed by atoms with Crippen LogP contribution in [0, 0.1) is 5.82 Å². The van der Waals surface area contributed by atoms with Crippen LogP contribution in [0.1, 0.15) is 18.1 Å². The summed E-state index contributed by atoms with van der Waals surface area (Å²) in [5.41, 5.74) is 3.03. The lowest BCUT2D eigenvalue weighted by Crippen LogP contribution is -2.51. The molecule has 0 unspecified atom stereocenters. The second-order valence-corrected chi connectivity index (χ2v) is 6.24. The Labute approximate surface area is 148 Å². The van der Waals surface area contributed by atoms with Crippen molar-refractivity contribution in [3.8, 4) is 0 Å². The number of piperazine rings is 1. The largest absolute Gasteiger partial charge is 0.368 e. The van der Waals surface area contributed by atoms with E-state index >= 15 is 0 Å². The summed E-state index contributed by atoms with van der Waals surface area (Å²) in [5, 5.41) is 2.81. The van der Waals surface area contributed by atoms with Crippen molar-refractivity contribution in [3.63, 3.8) is 0 Å². The van der Waals surface area contributed by atoms with Crippen LogP contribution in [0.25, 0.3) is 0 Å². The molecule has 2 amide bonds. The van der Waals surface area contributed by atoms with Crippen LogP contribution < -0.4 is 10.2 Å². The zero-order valence-electron chi connectivity index (χ0n) is 14.5. The minimum atomic E-state index is -0.289. The molecule has 0 atom stereocenters. The zero-order chi connectivity index (χ0) is 17.6. The molecule has 25 heavy (non-hydrogen) atoms. The molecule has 0 spiro atoms. The Kier molecular flexibility index (Phi) is 5.53. The second-order valence-electron chi connectivity index (χ2n) is 6.24. The predicted octanol–water partition coefficient (Wildman–Crippen LogP) is 3.42. The number of aryl methyl sites for hydroxylation is 1. The molecule has 3 rings (SSSR count). The summed E-state index contributed by atoms with van der Waals surface area (Å²) in [6.07, 6.45) is 1.04. The quantitative estimate of drug-likeness (QED) is 0.925. The summed E-state index contributed by atoms with van der Waals surface area (Å²) in [6, 6.07) is 15.0. The fraction of sp³-hybridized carbons (Fsp3) is 0.350. The number of nitrogens with one attached hydrogen (secondary N) is 1. The van der Waals surface area contributed by atoms with Gasteiger partial charge >= 0.3 is 6.03 Å². The maximum Gasteiger partial charge on any atom is 0.317 e. The highest BCUT2D eigenvalue weighted by Gasteiger charge is 2.21. The van der Waals surface area contributed by atoms with Gasteiger partial charge in [0.25, 0.3) is 0 Å². The van der Waals surface area contributed by atoms with Gasteiger partial charge in [-0.3, -0.25) is 0 Å². The molecule has 1 N–H and O–H groups in total. The van der Waals surface area contributed by atoms with Crippen LogP contribution in [0.5, 0.6) is 0 Å². The van der Waals surface area contributed by atoms with Crippen LogP contribution in [-0.4, -0.2) is 37.1 Å². The summed E-state index contributed by atoms with van der Waals surface area (Å²) in [4.78, 5) is 16.4. The van der Waals surface area contributed by atoms with Gasteiger partial charge in [-0.1, -0.05) is 37.3 Å². The third-order valence-corrected chi connectivity index (χ3v) is 4.66. The molecule has 0 bridgehead atoms. The first-order valence-corrected chi connectivity index (χ1v) is 8.77. The van der Waals surface area contributed by atoms with E-state index in [-0.39, 0.29) is 18.4 Å². The third kappa shape index (κ3) is 4.29. The topological polar surface area (TPSA) is 35.6 Å². The number of benzene rings is 2. The number of urea groups is 1. The number of carbonyl (C=O) groups excluding carboxylic acids is 1. The lowest BCUT2D eigenvalue weighted by atomic mass is 10.1. The molecule has 0 radical (unpaired) electrons. The van der Waals surface area contributed by atoms with E-state index in [9.17, 15) is 9.18 Å². The van der Waals surface area contributed by atoms with Gasteiger partial charge in [0.1, 0.15) is 5.82 Å². The third-order valence-electron chi connectivity index (χ3n) is 4.66. The van der Waals surface area contributed by atoms with E-state index in [1.54, 1.807) is 23.1 Å². The van der Waals surface area contributed by atoms with Crippen molar-refractivity contribution in [1.82, 2.24) is 10.2 Å². The van der Waals surface area contributed by atoms with Crippen molar-refractivity contribution in [3.05, 3.63) is 65.5 Å². The lowest BCUT2D eigenvalue weighted by Gasteiger charge is -2.36. The second kappa shape index (κ2) is 8.01. The van der Waals surface area contributed by atoms with E-state index in [1.165, 1.54) is 17.3 Å². The maximum atomic E-state index is 13.6. The maximum absolute atomic E-state index is 13.6. The molecule has 2 aromatic rings. The Bertz CT molecular complexity index is 709. The van der Waals surface area contributed by atoms with Gasteiger partial charge in [0.2, 0.25) is 0 Å². The smallest absolute Gasteiger partial charge is 0.317 e. The molecule has 1 aliphatic heterocycles. The Morgan fingerprint density at radius 3 is 2.36 bits per heavy atom. The van der Waals surface area contributed by atoms with Gasteiger partial charge in [0, 0.05) is 44.0 Å². The van der Waals surface area contributed by atoms with Gasteiger partial charge in [0.05, 0.1) is 0 Å². The fourth-order valence-corrected chi connectivity index (χ4v) is 3.03. The van der Waals surface area contributed by atoms with Gasteiger partial charge in [-0.25, -0.2) is 9.18 Å². The zero-order valence-corrected chi connectivity index (χ0v) is 14.5. The number of rotatable bonds is 4. The molecule has 132 valence electrons. The molecular weight excluding hydrogens is 317 g/mol. The van der Waals surface area contributed by atoms with Crippen LogP contribution >= 0.6 is 0 Å². The van der Waals surface area contributed by atoms with Gasteiger partial charge in [-0.15, -0.1) is 0 Å². The number of carbonyl (C=O) groups is 1. The number of amides is 2. The Hall–Kier alpha value is -2.56. The first-order chi connectivity index (χ1) is 12.2. The fourth-order valence-electron chi connectivity index (χ4n) is 3.03. The first-order valence-electron chi connectivity index (χ1n) is 8.77. The van der Waals surface area contributed by atoms with E-state index in [1.807, 2.05) is 0 Å². The molecule has 0 saturated carbocycles. The Morgan fingerprint density at radius 1 is 1.04 bits per heavy atom. The van der Waals surface area contributed by atoms with Gasteiger partial charge in [0.15, 0.2) is 0 Å². The number of hydrogen-bond donors (Lipinski definition) is 1. The van der Waals surface area contributed by atoms with E-state index in [0.717, 1.165) is 19.5 Å². The van der Waals surface area contributed by atoms with E-state index in [0.29, 0.717) is 18.7 Å². The number of hydrogen-bond acceptors (Lipinski definition) is 2. The molecule has 4 nitrogen and oxygen atoms in total. The molecule has 1 aliphatic rings. The van der Waals surface area contributed by atoms with Crippen molar-refractivity contribution in [2.45, 2.75) is 19.9 Å². The molecule has 1 fully saturated rings. The first kappa shape index (κ1) is 17.3. The summed E-state index contributed by atoms with van der Waals surface area (Å²) < 4.78 is 13.6. The normalized spacial score (nSPS) is 14.5. The van der Waals surface area contributed by atoms with Crippen molar-refractivity contribution >= 4 is 11.7 Å². The highest BCUT2D eigenvalue weighted by Crippen LogP contribution is 2.17. The summed E-state index contributed by atoms with van der Waals surface area (Å²) in [5.74, 6) is -0.289. The average Bonchev–Trinajstić information content (AvgIpc) is 2.67. The van der Waals surface area contributed by atoms with Gasteiger partial charge < -0.3 is 15.1 Å². The molecule has 1 saturated heterocycles. The number of halogens is 1. The summed E-state index contributed by atoms with van der Waals surface area (Å²) in [7, 11) is 0. The molecule has 5 heteroatoms. The number of anilines is 1. The minimum Gasteiger partial charge on any atom is -0.368 e.